The van der Waals surface area contributed by atoms with E-state index in [0.717, 1.165) is 11.3 Å². The van der Waals surface area contributed by atoms with Crippen molar-refractivity contribution >= 4 is 5.91 Å². The lowest BCUT2D eigenvalue weighted by Crippen LogP contribution is -2.31. The zero-order valence-corrected chi connectivity index (χ0v) is 16.2. The van der Waals surface area contributed by atoms with Crippen molar-refractivity contribution in [3.63, 3.8) is 0 Å². The van der Waals surface area contributed by atoms with Crippen LogP contribution in [0.25, 0.3) is 0 Å². The number of hydrogen-bond donors (Lipinski definition) is 1. The van der Waals surface area contributed by atoms with Gasteiger partial charge in [0, 0.05) is 12.3 Å². The molecule has 6 heteroatoms. The monoisotopic (exact) mass is 380 g/mol. The lowest BCUT2D eigenvalue weighted by Gasteiger charge is -2.22. The molecule has 0 saturated carbocycles. The normalized spacial score (nSPS) is 12.0. The number of aromatic nitrogens is 1. The molecule has 0 bridgehead atoms. The van der Waals surface area contributed by atoms with E-state index in [1.807, 2.05) is 38.1 Å². The Labute approximate surface area is 163 Å². The van der Waals surface area contributed by atoms with Crippen molar-refractivity contribution in [1.82, 2.24) is 9.88 Å². The lowest BCUT2D eigenvalue weighted by molar-refractivity contribution is 0.0895. The van der Waals surface area contributed by atoms with Gasteiger partial charge in [0.15, 0.2) is 5.76 Å². The smallest absolute Gasteiger partial charge is 0.287 e. The number of nitrogens with zero attached hydrogens (tertiary/aromatic N) is 1. The fraction of sp³-hybridized carbons (Fsp3) is 0.273. The van der Waals surface area contributed by atoms with Gasteiger partial charge < -0.3 is 19.0 Å². The molecular formula is C22H24N2O4. The number of carbonyl (C=O) groups is 1. The number of amides is 1. The Hall–Kier alpha value is -3.28. The minimum atomic E-state index is -0.291. The van der Waals surface area contributed by atoms with E-state index < -0.39 is 0 Å². The van der Waals surface area contributed by atoms with Gasteiger partial charge >= 0.3 is 0 Å². The van der Waals surface area contributed by atoms with Gasteiger partial charge in [-0.2, -0.15) is 0 Å². The second-order valence-corrected chi connectivity index (χ2v) is 6.90. The number of ether oxygens (including phenoxy) is 1. The van der Waals surface area contributed by atoms with Crippen molar-refractivity contribution < 1.29 is 13.9 Å². The molecular weight excluding hydrogens is 356 g/mol. The van der Waals surface area contributed by atoms with Crippen molar-refractivity contribution in [3.8, 4) is 5.75 Å². The maximum atomic E-state index is 12.7. The Bertz CT molecular complexity index is 986. The molecule has 2 heterocycles. The van der Waals surface area contributed by atoms with Crippen molar-refractivity contribution in [2.45, 2.75) is 26.4 Å². The summed E-state index contributed by atoms with van der Waals surface area (Å²) in [5, 5.41) is 3.03. The molecule has 0 fully saturated rings. The highest BCUT2D eigenvalue weighted by Crippen LogP contribution is 2.24. The minimum absolute atomic E-state index is 0.121. The van der Waals surface area contributed by atoms with Gasteiger partial charge in [-0.05, 0) is 41.8 Å². The summed E-state index contributed by atoms with van der Waals surface area (Å²) in [6.45, 7) is 4.37. The van der Waals surface area contributed by atoms with E-state index in [9.17, 15) is 9.59 Å². The van der Waals surface area contributed by atoms with Gasteiger partial charge in [0.1, 0.15) is 11.5 Å². The van der Waals surface area contributed by atoms with Gasteiger partial charge in [-0.3, -0.25) is 9.59 Å². The number of rotatable bonds is 7. The summed E-state index contributed by atoms with van der Waals surface area (Å²) in [6.07, 6.45) is 1.68. The van der Waals surface area contributed by atoms with Gasteiger partial charge in [0.25, 0.3) is 11.5 Å². The highest BCUT2D eigenvalue weighted by Gasteiger charge is 2.21. The van der Waals surface area contributed by atoms with Gasteiger partial charge in [-0.1, -0.05) is 32.0 Å². The number of carbonyl (C=O) groups excluding carboxylic acids is 1. The molecule has 1 N–H and O–H groups in total. The van der Waals surface area contributed by atoms with Crippen LogP contribution in [0.15, 0.2) is 70.0 Å². The fourth-order valence-electron chi connectivity index (χ4n) is 3.00. The zero-order chi connectivity index (χ0) is 20.1. The fourth-order valence-corrected chi connectivity index (χ4v) is 3.00. The molecule has 146 valence electrons. The van der Waals surface area contributed by atoms with E-state index in [1.54, 1.807) is 37.6 Å². The highest BCUT2D eigenvalue weighted by atomic mass is 16.5. The molecule has 0 saturated heterocycles. The van der Waals surface area contributed by atoms with Crippen LogP contribution in [0, 0.1) is 5.92 Å². The number of benzene rings is 1. The molecule has 0 aliphatic heterocycles. The first kappa shape index (κ1) is 19.5. The Morgan fingerprint density at radius 3 is 2.50 bits per heavy atom. The number of nitrogens with one attached hydrogen (secondary N) is 1. The number of hydrogen-bond acceptors (Lipinski definition) is 4. The van der Waals surface area contributed by atoms with Gasteiger partial charge in [-0.25, -0.2) is 0 Å². The number of methoxy groups -OCH3 is 1. The standard InChI is InChI=1S/C22H24N2O4/c1-15(2)21(16-7-9-17(27-3)10-8-16)23-22(26)19-12-11-18(28-19)14-24-13-5-4-6-20(24)25/h4-13,15,21H,14H2,1-3H3,(H,23,26). The van der Waals surface area contributed by atoms with Crippen LogP contribution < -0.4 is 15.6 Å². The first-order chi connectivity index (χ1) is 13.5. The maximum Gasteiger partial charge on any atom is 0.287 e. The molecule has 0 spiro atoms. The Balaban J connectivity index is 1.73. The molecule has 1 atom stereocenters. The second kappa shape index (κ2) is 8.61. The first-order valence-electron chi connectivity index (χ1n) is 9.17. The summed E-state index contributed by atoms with van der Waals surface area (Å²) in [5.74, 6) is 1.43. The SMILES string of the molecule is COc1ccc(C(NC(=O)c2ccc(Cn3ccccc3=O)o2)C(C)C)cc1. The van der Waals surface area contributed by atoms with E-state index in [1.165, 1.54) is 10.6 Å². The molecule has 1 aromatic carbocycles. The molecule has 2 aromatic heterocycles. The maximum absolute atomic E-state index is 12.7. The molecule has 6 nitrogen and oxygen atoms in total. The molecule has 1 amide bonds. The summed E-state index contributed by atoms with van der Waals surface area (Å²) in [7, 11) is 1.62. The van der Waals surface area contributed by atoms with Crippen LogP contribution in [0.1, 0.15) is 41.8 Å². The first-order valence-corrected chi connectivity index (χ1v) is 9.17. The van der Waals surface area contributed by atoms with Crippen LogP contribution in [-0.2, 0) is 6.54 Å². The predicted molar refractivity (Wildman–Crippen MR) is 107 cm³/mol. The van der Waals surface area contributed by atoms with Crippen molar-refractivity contribution in [2.24, 2.45) is 5.92 Å². The predicted octanol–water partition coefficient (Wildman–Crippen LogP) is 3.63. The lowest BCUT2D eigenvalue weighted by atomic mass is 9.96. The third-order valence-electron chi connectivity index (χ3n) is 4.54. The summed E-state index contributed by atoms with van der Waals surface area (Å²) in [4.78, 5) is 24.5. The zero-order valence-electron chi connectivity index (χ0n) is 16.2. The molecule has 3 aromatic rings. The number of furan rings is 1. The molecule has 0 aliphatic carbocycles. The van der Waals surface area contributed by atoms with Gasteiger partial charge in [0.2, 0.25) is 0 Å². The molecule has 0 aliphatic rings. The largest absolute Gasteiger partial charge is 0.497 e. The van der Waals surface area contributed by atoms with E-state index >= 15 is 0 Å². The van der Waals surface area contributed by atoms with Crippen molar-refractivity contribution in [1.29, 1.82) is 0 Å². The number of pyridine rings is 1. The van der Waals surface area contributed by atoms with E-state index in [-0.39, 0.29) is 35.7 Å². The van der Waals surface area contributed by atoms with Crippen molar-refractivity contribution in [2.75, 3.05) is 7.11 Å². The summed E-state index contributed by atoms with van der Waals surface area (Å²) < 4.78 is 12.4. The summed E-state index contributed by atoms with van der Waals surface area (Å²) in [6, 6.07) is 15.8. The van der Waals surface area contributed by atoms with Crippen LogP contribution in [-0.4, -0.2) is 17.6 Å². The quantitative estimate of drug-likeness (QED) is 0.679. The third kappa shape index (κ3) is 4.52. The average Bonchev–Trinajstić information content (AvgIpc) is 3.16. The highest BCUT2D eigenvalue weighted by molar-refractivity contribution is 5.91. The Kier molecular flexibility index (Phi) is 5.99. The topological polar surface area (TPSA) is 73.5 Å². The molecule has 3 rings (SSSR count). The minimum Gasteiger partial charge on any atom is -0.497 e. The molecule has 0 radical (unpaired) electrons. The summed E-state index contributed by atoms with van der Waals surface area (Å²) in [5.41, 5.74) is 0.871. The van der Waals surface area contributed by atoms with Crippen LogP contribution in [0.3, 0.4) is 0 Å². The average molecular weight is 380 g/mol. The second-order valence-electron chi connectivity index (χ2n) is 6.90. The van der Waals surface area contributed by atoms with Crippen LogP contribution in [0.4, 0.5) is 0 Å². The third-order valence-corrected chi connectivity index (χ3v) is 4.54. The van der Waals surface area contributed by atoms with E-state index in [0.29, 0.717) is 5.76 Å². The summed E-state index contributed by atoms with van der Waals surface area (Å²) >= 11 is 0. The van der Waals surface area contributed by atoms with Gasteiger partial charge in [-0.15, -0.1) is 0 Å². The van der Waals surface area contributed by atoms with E-state index in [2.05, 4.69) is 5.32 Å². The van der Waals surface area contributed by atoms with Crippen LogP contribution >= 0.6 is 0 Å². The Morgan fingerprint density at radius 1 is 1.11 bits per heavy atom. The van der Waals surface area contributed by atoms with Crippen LogP contribution in [0.5, 0.6) is 5.75 Å². The Morgan fingerprint density at radius 2 is 1.86 bits per heavy atom. The van der Waals surface area contributed by atoms with Gasteiger partial charge in [0.05, 0.1) is 19.7 Å². The molecule has 28 heavy (non-hydrogen) atoms. The molecule has 1 unspecified atom stereocenters. The van der Waals surface area contributed by atoms with E-state index in [4.69, 9.17) is 9.15 Å². The van der Waals surface area contributed by atoms with Crippen LogP contribution in [0.2, 0.25) is 0 Å². The van der Waals surface area contributed by atoms with Crippen molar-refractivity contribution in [3.05, 3.63) is 88.2 Å².